The molecule has 0 saturated carbocycles. The van der Waals surface area contributed by atoms with Gasteiger partial charge in [0.1, 0.15) is 0 Å². The van der Waals surface area contributed by atoms with E-state index >= 15 is 0 Å². The Labute approximate surface area is 81.9 Å². The van der Waals surface area contributed by atoms with E-state index in [-0.39, 0.29) is 6.07 Å². The molecular formula is C8H5ClF4O. The van der Waals surface area contributed by atoms with Gasteiger partial charge in [0, 0.05) is 6.07 Å². The smallest absolute Gasteiger partial charge is 0.167 e. The van der Waals surface area contributed by atoms with Crippen molar-refractivity contribution in [1.29, 1.82) is 0 Å². The van der Waals surface area contributed by atoms with Crippen LogP contribution in [-0.2, 0) is 0 Å². The molecule has 0 saturated heterocycles. The van der Waals surface area contributed by atoms with Gasteiger partial charge >= 0.3 is 0 Å². The summed E-state index contributed by atoms with van der Waals surface area (Å²) in [5.74, 6) is -6.95. The van der Waals surface area contributed by atoms with Gasteiger partial charge in [-0.1, -0.05) is 0 Å². The fourth-order valence-corrected chi connectivity index (χ4v) is 1.12. The number of halogens is 5. The molecule has 0 aliphatic heterocycles. The first-order chi connectivity index (χ1) is 6.49. The number of benzene rings is 1. The van der Waals surface area contributed by atoms with E-state index in [1.165, 1.54) is 0 Å². The Balaban J connectivity index is 3.39. The Kier molecular flexibility index (Phi) is 3.34. The maximum absolute atomic E-state index is 12.9. The molecule has 1 aromatic carbocycles. The number of hydrogen-bond donors (Lipinski definition) is 1. The van der Waals surface area contributed by atoms with Crippen LogP contribution in [-0.4, -0.2) is 11.0 Å². The number of aliphatic hydroxyl groups excluding tert-OH is 1. The summed E-state index contributed by atoms with van der Waals surface area (Å²) in [7, 11) is 0. The lowest BCUT2D eigenvalue weighted by atomic mass is 10.1. The second-order valence-electron chi connectivity index (χ2n) is 2.55. The second-order valence-corrected chi connectivity index (χ2v) is 2.86. The Bertz CT molecular complexity index is 329. The van der Waals surface area contributed by atoms with Crippen molar-refractivity contribution in [2.24, 2.45) is 0 Å². The molecule has 0 amide bonds. The molecule has 0 aliphatic rings. The van der Waals surface area contributed by atoms with Gasteiger partial charge in [-0.15, -0.1) is 11.6 Å². The zero-order valence-corrected chi connectivity index (χ0v) is 7.45. The summed E-state index contributed by atoms with van der Waals surface area (Å²) < 4.78 is 50.9. The summed E-state index contributed by atoms with van der Waals surface area (Å²) in [5, 5.41) is 8.99. The molecule has 78 valence electrons. The molecule has 0 aliphatic carbocycles. The summed E-state index contributed by atoms with van der Waals surface area (Å²) in [4.78, 5) is 0. The van der Waals surface area contributed by atoms with E-state index in [1.807, 2.05) is 0 Å². The minimum atomic E-state index is -1.78. The first kappa shape index (κ1) is 11.3. The average Bonchev–Trinajstić information content (AvgIpc) is 2.15. The van der Waals surface area contributed by atoms with Gasteiger partial charge in [-0.2, -0.15) is 0 Å². The van der Waals surface area contributed by atoms with Crippen molar-refractivity contribution in [2.75, 3.05) is 5.88 Å². The highest BCUT2D eigenvalue weighted by molar-refractivity contribution is 6.18. The van der Waals surface area contributed by atoms with Gasteiger partial charge in [0.05, 0.1) is 17.5 Å². The predicted molar refractivity (Wildman–Crippen MR) is 42.0 cm³/mol. The van der Waals surface area contributed by atoms with Crippen molar-refractivity contribution in [3.05, 3.63) is 34.9 Å². The first-order valence-electron chi connectivity index (χ1n) is 3.56. The lowest BCUT2D eigenvalue weighted by Crippen LogP contribution is -2.09. The van der Waals surface area contributed by atoms with Crippen molar-refractivity contribution in [3.8, 4) is 0 Å². The van der Waals surface area contributed by atoms with E-state index in [0.29, 0.717) is 0 Å². The van der Waals surface area contributed by atoms with E-state index in [9.17, 15) is 17.6 Å². The summed E-state index contributed by atoms with van der Waals surface area (Å²) in [6.45, 7) is 0. The van der Waals surface area contributed by atoms with Crippen LogP contribution >= 0.6 is 11.6 Å². The maximum atomic E-state index is 12.9. The number of aliphatic hydroxyl groups is 1. The Hall–Kier alpha value is -0.810. The zero-order chi connectivity index (χ0) is 10.9. The molecule has 0 aromatic heterocycles. The predicted octanol–water partition coefficient (Wildman–Crippen LogP) is 2.52. The number of rotatable bonds is 2. The molecular weight excluding hydrogens is 224 g/mol. The minimum absolute atomic E-state index is 0.0646. The van der Waals surface area contributed by atoms with Gasteiger partial charge in [-0.3, -0.25) is 0 Å². The molecule has 0 heterocycles. The molecule has 1 N–H and O–H groups in total. The molecule has 1 aromatic rings. The highest BCUT2D eigenvalue weighted by Gasteiger charge is 2.23. The minimum Gasteiger partial charge on any atom is -0.387 e. The Morgan fingerprint density at radius 2 is 1.57 bits per heavy atom. The van der Waals surface area contributed by atoms with Crippen LogP contribution in [0.15, 0.2) is 6.07 Å². The normalized spacial score (nSPS) is 13.0. The topological polar surface area (TPSA) is 20.2 Å². The standard InChI is InChI=1S/C8H5ClF4O/c9-2-5(14)6-7(12)3(10)1-4(11)8(6)13/h1,5,14H,2H2. The van der Waals surface area contributed by atoms with Crippen molar-refractivity contribution >= 4 is 11.6 Å². The lowest BCUT2D eigenvalue weighted by Gasteiger charge is -2.10. The highest BCUT2D eigenvalue weighted by Crippen LogP contribution is 2.25. The monoisotopic (exact) mass is 228 g/mol. The van der Waals surface area contributed by atoms with Gasteiger partial charge in [0.2, 0.25) is 0 Å². The molecule has 0 radical (unpaired) electrons. The van der Waals surface area contributed by atoms with Crippen molar-refractivity contribution in [3.63, 3.8) is 0 Å². The fraction of sp³-hybridized carbons (Fsp3) is 0.250. The van der Waals surface area contributed by atoms with E-state index in [2.05, 4.69) is 0 Å². The van der Waals surface area contributed by atoms with Gasteiger partial charge in [0.15, 0.2) is 23.3 Å². The molecule has 1 atom stereocenters. The largest absolute Gasteiger partial charge is 0.387 e. The lowest BCUT2D eigenvalue weighted by molar-refractivity contribution is 0.188. The van der Waals surface area contributed by atoms with Gasteiger partial charge in [-0.25, -0.2) is 17.6 Å². The van der Waals surface area contributed by atoms with E-state index < -0.39 is 40.8 Å². The quantitative estimate of drug-likeness (QED) is 0.469. The van der Waals surface area contributed by atoms with Gasteiger partial charge in [-0.05, 0) is 0 Å². The Morgan fingerprint density at radius 1 is 1.14 bits per heavy atom. The summed E-state index contributed by atoms with van der Waals surface area (Å²) >= 11 is 5.11. The molecule has 6 heteroatoms. The summed E-state index contributed by atoms with van der Waals surface area (Å²) in [6, 6.07) is 0.0646. The second kappa shape index (κ2) is 4.14. The van der Waals surface area contributed by atoms with Crippen molar-refractivity contribution < 1.29 is 22.7 Å². The van der Waals surface area contributed by atoms with Crippen LogP contribution in [0.3, 0.4) is 0 Å². The Morgan fingerprint density at radius 3 is 1.93 bits per heavy atom. The van der Waals surface area contributed by atoms with Crippen LogP contribution in [0.1, 0.15) is 11.7 Å². The van der Waals surface area contributed by atoms with Crippen LogP contribution in [0.4, 0.5) is 17.6 Å². The van der Waals surface area contributed by atoms with Crippen molar-refractivity contribution in [1.82, 2.24) is 0 Å². The molecule has 0 bridgehead atoms. The van der Waals surface area contributed by atoms with Crippen LogP contribution in [0.5, 0.6) is 0 Å². The SMILES string of the molecule is OC(CCl)c1c(F)c(F)cc(F)c1F. The fourth-order valence-electron chi connectivity index (χ4n) is 0.961. The highest BCUT2D eigenvalue weighted by atomic mass is 35.5. The number of hydrogen-bond acceptors (Lipinski definition) is 1. The summed E-state index contributed by atoms with van der Waals surface area (Å²) in [6.07, 6.45) is -1.78. The molecule has 1 nitrogen and oxygen atoms in total. The van der Waals surface area contributed by atoms with E-state index in [4.69, 9.17) is 16.7 Å². The third-order valence-electron chi connectivity index (χ3n) is 1.63. The van der Waals surface area contributed by atoms with Gasteiger partial charge < -0.3 is 5.11 Å². The van der Waals surface area contributed by atoms with Gasteiger partial charge in [0.25, 0.3) is 0 Å². The van der Waals surface area contributed by atoms with Crippen LogP contribution in [0.25, 0.3) is 0 Å². The average molecular weight is 229 g/mol. The zero-order valence-electron chi connectivity index (χ0n) is 6.70. The maximum Gasteiger partial charge on any atom is 0.167 e. The molecule has 0 spiro atoms. The molecule has 1 rings (SSSR count). The third kappa shape index (κ3) is 1.83. The van der Waals surface area contributed by atoms with Crippen molar-refractivity contribution in [2.45, 2.75) is 6.10 Å². The van der Waals surface area contributed by atoms with Crippen LogP contribution in [0.2, 0.25) is 0 Å². The van der Waals surface area contributed by atoms with Crippen LogP contribution < -0.4 is 0 Å². The molecule has 14 heavy (non-hydrogen) atoms. The van der Waals surface area contributed by atoms with Crippen LogP contribution in [0, 0.1) is 23.3 Å². The number of alkyl halides is 1. The van der Waals surface area contributed by atoms with E-state index in [0.717, 1.165) is 0 Å². The first-order valence-corrected chi connectivity index (χ1v) is 4.09. The molecule has 0 fully saturated rings. The third-order valence-corrected chi connectivity index (χ3v) is 1.92. The van der Waals surface area contributed by atoms with E-state index in [1.54, 1.807) is 0 Å². The summed E-state index contributed by atoms with van der Waals surface area (Å²) in [5.41, 5.74) is -1.09. The molecule has 1 unspecified atom stereocenters.